The Morgan fingerprint density at radius 3 is 2.62 bits per heavy atom. The fourth-order valence-electron chi connectivity index (χ4n) is 2.21. The molecule has 16 heavy (non-hydrogen) atoms. The Hall–Kier alpha value is -0.860. The monoisotopic (exact) mass is 219 g/mol. The lowest BCUT2D eigenvalue weighted by Gasteiger charge is -2.42. The molecule has 0 spiro atoms. The molecule has 0 radical (unpaired) electrons. The molecule has 2 nitrogen and oxygen atoms in total. The predicted molar refractivity (Wildman–Crippen MR) is 66.7 cm³/mol. The highest BCUT2D eigenvalue weighted by Crippen LogP contribution is 2.31. The second-order valence-corrected chi connectivity index (χ2v) is 4.89. The Bertz CT molecular complexity index is 356. The summed E-state index contributed by atoms with van der Waals surface area (Å²) >= 11 is 0. The maximum Gasteiger partial charge on any atom is 0.0908 e. The Labute approximate surface area is 98.0 Å². The zero-order chi connectivity index (χ0) is 11.6. The van der Waals surface area contributed by atoms with Crippen molar-refractivity contribution >= 4 is 0 Å². The van der Waals surface area contributed by atoms with E-state index in [1.165, 1.54) is 11.1 Å². The standard InChI is InChI=1S/C14H21NO/c1-4-15-14(9-16-10-14)13-7-5-6-12(8-13)11(2)3/h5-8,11,15H,4,9-10H2,1-3H3. The van der Waals surface area contributed by atoms with E-state index in [2.05, 4.69) is 50.4 Å². The van der Waals surface area contributed by atoms with Crippen molar-refractivity contribution in [1.29, 1.82) is 0 Å². The zero-order valence-electron chi connectivity index (χ0n) is 10.4. The number of benzene rings is 1. The molecule has 0 aliphatic carbocycles. The molecule has 1 N–H and O–H groups in total. The van der Waals surface area contributed by atoms with Gasteiger partial charge >= 0.3 is 0 Å². The van der Waals surface area contributed by atoms with Crippen LogP contribution in [0.5, 0.6) is 0 Å². The van der Waals surface area contributed by atoms with Crippen LogP contribution in [0.2, 0.25) is 0 Å². The van der Waals surface area contributed by atoms with Gasteiger partial charge in [0, 0.05) is 0 Å². The molecule has 1 aliphatic heterocycles. The molecular weight excluding hydrogens is 198 g/mol. The molecule has 1 aromatic carbocycles. The fraction of sp³-hybridized carbons (Fsp3) is 0.571. The Balaban J connectivity index is 2.28. The normalized spacial score (nSPS) is 18.5. The van der Waals surface area contributed by atoms with E-state index >= 15 is 0 Å². The van der Waals surface area contributed by atoms with Crippen molar-refractivity contribution in [2.75, 3.05) is 19.8 Å². The predicted octanol–water partition coefficient (Wildman–Crippen LogP) is 2.65. The summed E-state index contributed by atoms with van der Waals surface area (Å²) in [5, 5.41) is 3.55. The van der Waals surface area contributed by atoms with Gasteiger partial charge in [-0.05, 0) is 23.6 Å². The first-order valence-corrected chi connectivity index (χ1v) is 6.11. The first kappa shape index (κ1) is 11.6. The number of likely N-dealkylation sites (N-methyl/N-ethyl adjacent to an activating group) is 1. The number of hydrogen-bond acceptors (Lipinski definition) is 2. The van der Waals surface area contributed by atoms with Crippen LogP contribution in [0.25, 0.3) is 0 Å². The lowest BCUT2D eigenvalue weighted by Crippen LogP contribution is -2.57. The Morgan fingerprint density at radius 2 is 2.12 bits per heavy atom. The van der Waals surface area contributed by atoms with Crippen LogP contribution in [0.15, 0.2) is 24.3 Å². The van der Waals surface area contributed by atoms with Crippen molar-refractivity contribution in [3.05, 3.63) is 35.4 Å². The third-order valence-corrected chi connectivity index (χ3v) is 3.32. The molecule has 0 aromatic heterocycles. The topological polar surface area (TPSA) is 21.3 Å². The highest BCUT2D eigenvalue weighted by molar-refractivity contribution is 5.33. The largest absolute Gasteiger partial charge is 0.377 e. The molecule has 0 amide bonds. The van der Waals surface area contributed by atoms with Gasteiger partial charge in [-0.1, -0.05) is 45.0 Å². The van der Waals surface area contributed by atoms with Crippen LogP contribution in [0.4, 0.5) is 0 Å². The second kappa shape index (κ2) is 4.56. The number of rotatable bonds is 4. The molecule has 0 bridgehead atoms. The lowest BCUT2D eigenvalue weighted by molar-refractivity contribution is -0.0777. The summed E-state index contributed by atoms with van der Waals surface area (Å²) in [6, 6.07) is 8.88. The maximum atomic E-state index is 5.38. The van der Waals surface area contributed by atoms with Gasteiger partial charge in [-0.3, -0.25) is 0 Å². The third-order valence-electron chi connectivity index (χ3n) is 3.32. The van der Waals surface area contributed by atoms with E-state index in [0.717, 1.165) is 19.8 Å². The van der Waals surface area contributed by atoms with Crippen molar-refractivity contribution in [2.45, 2.75) is 32.2 Å². The average molecular weight is 219 g/mol. The fourth-order valence-corrected chi connectivity index (χ4v) is 2.21. The summed E-state index contributed by atoms with van der Waals surface area (Å²) in [6.45, 7) is 9.18. The smallest absolute Gasteiger partial charge is 0.0908 e. The Morgan fingerprint density at radius 1 is 1.38 bits per heavy atom. The molecule has 1 saturated heterocycles. The van der Waals surface area contributed by atoms with Gasteiger partial charge in [0.15, 0.2) is 0 Å². The van der Waals surface area contributed by atoms with Crippen LogP contribution in [-0.4, -0.2) is 19.8 Å². The highest BCUT2D eigenvalue weighted by atomic mass is 16.5. The van der Waals surface area contributed by atoms with Gasteiger partial charge in [0.1, 0.15) is 0 Å². The number of ether oxygens (including phenoxy) is 1. The summed E-state index contributed by atoms with van der Waals surface area (Å²) < 4.78 is 5.38. The number of nitrogens with one attached hydrogen (secondary N) is 1. The van der Waals surface area contributed by atoms with E-state index in [1.54, 1.807) is 0 Å². The van der Waals surface area contributed by atoms with E-state index in [-0.39, 0.29) is 5.54 Å². The molecule has 1 aromatic rings. The molecule has 0 atom stereocenters. The molecule has 1 heterocycles. The molecular formula is C14H21NO. The molecule has 0 unspecified atom stereocenters. The van der Waals surface area contributed by atoms with Crippen molar-refractivity contribution in [3.8, 4) is 0 Å². The lowest BCUT2D eigenvalue weighted by atomic mass is 9.85. The van der Waals surface area contributed by atoms with Gasteiger partial charge in [0.05, 0.1) is 18.8 Å². The minimum absolute atomic E-state index is 0.0691. The molecule has 2 rings (SSSR count). The Kier molecular flexibility index (Phi) is 3.31. The van der Waals surface area contributed by atoms with Crippen LogP contribution in [-0.2, 0) is 10.3 Å². The zero-order valence-corrected chi connectivity index (χ0v) is 10.4. The third kappa shape index (κ3) is 2.00. The van der Waals surface area contributed by atoms with Crippen molar-refractivity contribution in [2.24, 2.45) is 0 Å². The van der Waals surface area contributed by atoms with Crippen molar-refractivity contribution < 1.29 is 4.74 Å². The minimum atomic E-state index is 0.0691. The van der Waals surface area contributed by atoms with Crippen LogP contribution >= 0.6 is 0 Å². The SMILES string of the molecule is CCNC1(c2cccc(C(C)C)c2)COC1. The summed E-state index contributed by atoms with van der Waals surface area (Å²) in [5.74, 6) is 0.583. The quantitative estimate of drug-likeness (QED) is 0.840. The summed E-state index contributed by atoms with van der Waals surface area (Å²) in [7, 11) is 0. The van der Waals surface area contributed by atoms with Gasteiger partial charge in [-0.25, -0.2) is 0 Å². The highest BCUT2D eigenvalue weighted by Gasteiger charge is 2.39. The van der Waals surface area contributed by atoms with E-state index in [9.17, 15) is 0 Å². The van der Waals surface area contributed by atoms with Gasteiger partial charge in [-0.2, -0.15) is 0 Å². The van der Waals surface area contributed by atoms with E-state index in [4.69, 9.17) is 4.74 Å². The average Bonchev–Trinajstić information content (AvgIpc) is 2.23. The molecule has 2 heteroatoms. The van der Waals surface area contributed by atoms with Crippen LogP contribution < -0.4 is 5.32 Å². The van der Waals surface area contributed by atoms with Crippen molar-refractivity contribution in [3.63, 3.8) is 0 Å². The maximum absolute atomic E-state index is 5.38. The van der Waals surface area contributed by atoms with Gasteiger partial charge in [0.25, 0.3) is 0 Å². The van der Waals surface area contributed by atoms with Gasteiger partial charge in [-0.15, -0.1) is 0 Å². The van der Waals surface area contributed by atoms with Crippen LogP contribution in [0.3, 0.4) is 0 Å². The summed E-state index contributed by atoms with van der Waals surface area (Å²) in [6.07, 6.45) is 0. The molecule has 1 fully saturated rings. The van der Waals surface area contributed by atoms with E-state index < -0.39 is 0 Å². The molecule has 0 saturated carbocycles. The van der Waals surface area contributed by atoms with Crippen LogP contribution in [0.1, 0.15) is 37.8 Å². The number of hydrogen-bond donors (Lipinski definition) is 1. The van der Waals surface area contributed by atoms with E-state index in [0.29, 0.717) is 5.92 Å². The van der Waals surface area contributed by atoms with E-state index in [1.807, 2.05) is 0 Å². The molecule has 1 aliphatic rings. The first-order chi connectivity index (χ1) is 7.68. The van der Waals surface area contributed by atoms with Gasteiger partial charge in [0.2, 0.25) is 0 Å². The van der Waals surface area contributed by atoms with Crippen molar-refractivity contribution in [1.82, 2.24) is 5.32 Å². The van der Waals surface area contributed by atoms with Gasteiger partial charge < -0.3 is 10.1 Å². The van der Waals surface area contributed by atoms with Crippen LogP contribution in [0, 0.1) is 0 Å². The summed E-state index contributed by atoms with van der Waals surface area (Å²) in [5.41, 5.74) is 2.84. The first-order valence-electron chi connectivity index (χ1n) is 6.11. The second-order valence-electron chi connectivity index (χ2n) is 4.89. The molecule has 88 valence electrons. The minimum Gasteiger partial charge on any atom is -0.377 e. The summed E-state index contributed by atoms with van der Waals surface area (Å²) in [4.78, 5) is 0.